The first-order valence-corrected chi connectivity index (χ1v) is 18.1. The average molecular weight is 638 g/mol. The first-order valence-electron chi connectivity index (χ1n) is 17.7. The number of esters is 1. The maximum absolute atomic E-state index is 13.7. The number of unbranched alkanes of at least 4 members (excludes halogenated alkanes) is 1. The van der Waals surface area contributed by atoms with E-state index in [9.17, 15) is 20.1 Å². The molecule has 4 N–H and O–H groups in total. The standard InChI is InChI=1S/C36H60ClNO6/c1-9-10-11-21(38-37)29(41)43-23-19-33(7)24-18-22(39)27-30(2,3)25(40)12-15-36(27)20-35(24,36)17-16-32(33,6)28(23)34(8)14-13-26(44-34)31(4,5)42/h21-28,38-40,42H,9-20H2,1-8H3/t21?,22-,23-,24?,25-,26-,27-,28-,32+,33-,34+,35-,36+/m0/s1. The molecule has 13 atom stereocenters. The van der Waals surface area contributed by atoms with Gasteiger partial charge >= 0.3 is 5.97 Å². The summed E-state index contributed by atoms with van der Waals surface area (Å²) >= 11 is 6.10. The van der Waals surface area contributed by atoms with Gasteiger partial charge in [-0.25, -0.2) is 4.84 Å². The number of carbonyl (C=O) groups is 1. The van der Waals surface area contributed by atoms with Crippen LogP contribution >= 0.6 is 11.8 Å². The Morgan fingerprint density at radius 3 is 2.34 bits per heavy atom. The van der Waals surface area contributed by atoms with Crippen LogP contribution in [-0.4, -0.2) is 62.9 Å². The number of nitrogens with one attached hydrogen (secondary N) is 1. The number of hydrogen-bond donors (Lipinski definition) is 4. The molecule has 7 nitrogen and oxygen atoms in total. The lowest BCUT2D eigenvalue weighted by atomic mass is 9.41. The fraction of sp³-hybridized carbons (Fsp3) is 0.972. The summed E-state index contributed by atoms with van der Waals surface area (Å²) in [6, 6.07) is -0.562. The highest BCUT2D eigenvalue weighted by molar-refractivity contribution is 6.14. The molecule has 2 spiro atoms. The number of halogens is 1. The number of carbonyl (C=O) groups excluding carboxylic acids is 1. The molecular weight excluding hydrogens is 578 g/mol. The van der Waals surface area contributed by atoms with Crippen molar-refractivity contribution in [3.63, 3.8) is 0 Å². The van der Waals surface area contributed by atoms with E-state index in [0.717, 1.165) is 70.6 Å². The monoisotopic (exact) mass is 637 g/mol. The Morgan fingerprint density at radius 1 is 1.02 bits per heavy atom. The summed E-state index contributed by atoms with van der Waals surface area (Å²) in [4.78, 5) is 16.4. The smallest absolute Gasteiger partial charge is 0.324 e. The zero-order valence-electron chi connectivity index (χ0n) is 28.5. The van der Waals surface area contributed by atoms with Crippen molar-refractivity contribution in [2.75, 3.05) is 0 Å². The Hall–Kier alpha value is -0.440. The predicted molar refractivity (Wildman–Crippen MR) is 171 cm³/mol. The first-order chi connectivity index (χ1) is 20.4. The fourth-order valence-electron chi connectivity index (χ4n) is 13.1. The summed E-state index contributed by atoms with van der Waals surface area (Å²) < 4.78 is 13.5. The first kappa shape index (κ1) is 33.5. The van der Waals surface area contributed by atoms with E-state index in [2.05, 4.69) is 46.4 Å². The highest BCUT2D eigenvalue weighted by atomic mass is 35.5. The third kappa shape index (κ3) is 4.41. The van der Waals surface area contributed by atoms with Crippen molar-refractivity contribution in [2.24, 2.45) is 44.8 Å². The van der Waals surface area contributed by atoms with Gasteiger partial charge in [-0.05, 0) is 136 Å². The van der Waals surface area contributed by atoms with Crippen LogP contribution < -0.4 is 4.84 Å². The molecule has 6 rings (SSSR count). The number of aliphatic hydroxyl groups excluding tert-OH is 2. The quantitative estimate of drug-likeness (QED) is 0.183. The van der Waals surface area contributed by atoms with E-state index in [1.807, 2.05) is 13.8 Å². The average Bonchev–Trinajstić information content (AvgIpc) is 3.27. The van der Waals surface area contributed by atoms with E-state index in [1.165, 1.54) is 0 Å². The summed E-state index contributed by atoms with van der Waals surface area (Å²) in [5, 5.41) is 34.0. The summed E-state index contributed by atoms with van der Waals surface area (Å²) in [5.74, 6) is 0.0600. The van der Waals surface area contributed by atoms with E-state index < -0.39 is 23.3 Å². The van der Waals surface area contributed by atoms with Crippen molar-refractivity contribution in [3.05, 3.63) is 0 Å². The van der Waals surface area contributed by atoms with Gasteiger partial charge in [0, 0.05) is 5.92 Å². The van der Waals surface area contributed by atoms with Crippen LogP contribution in [0.4, 0.5) is 0 Å². The van der Waals surface area contributed by atoms with E-state index in [0.29, 0.717) is 12.3 Å². The van der Waals surface area contributed by atoms with Gasteiger partial charge < -0.3 is 24.8 Å². The van der Waals surface area contributed by atoms with Crippen LogP contribution in [0, 0.1) is 44.8 Å². The molecule has 1 saturated heterocycles. The maximum atomic E-state index is 13.7. The molecule has 5 saturated carbocycles. The van der Waals surface area contributed by atoms with E-state index in [1.54, 1.807) is 0 Å². The molecular formula is C36H60ClNO6. The minimum atomic E-state index is -0.960. The molecule has 0 bridgehead atoms. The van der Waals surface area contributed by atoms with Crippen LogP contribution in [0.15, 0.2) is 0 Å². The summed E-state index contributed by atoms with van der Waals surface area (Å²) in [7, 11) is 0. The fourth-order valence-corrected chi connectivity index (χ4v) is 13.3. The van der Waals surface area contributed by atoms with Crippen LogP contribution in [-0.2, 0) is 14.3 Å². The Labute approximate surface area is 270 Å². The molecule has 44 heavy (non-hydrogen) atoms. The van der Waals surface area contributed by atoms with Gasteiger partial charge in [0.05, 0.1) is 29.5 Å². The molecule has 0 radical (unpaired) electrons. The minimum Gasteiger partial charge on any atom is -0.461 e. The highest BCUT2D eigenvalue weighted by Gasteiger charge is 2.85. The van der Waals surface area contributed by atoms with Crippen LogP contribution in [0.5, 0.6) is 0 Å². The van der Waals surface area contributed by atoms with Crippen molar-refractivity contribution in [3.8, 4) is 0 Å². The van der Waals surface area contributed by atoms with Crippen LogP contribution in [0.25, 0.3) is 0 Å². The molecule has 5 aliphatic carbocycles. The third-order valence-electron chi connectivity index (χ3n) is 15.3. The number of hydrogen-bond acceptors (Lipinski definition) is 7. The second-order valence-electron chi connectivity index (χ2n) is 18.1. The van der Waals surface area contributed by atoms with Gasteiger partial charge in [-0.15, -0.1) is 0 Å². The normalized spacial score (nSPS) is 51.5. The summed E-state index contributed by atoms with van der Waals surface area (Å²) in [5.41, 5.74) is -1.98. The Balaban J connectivity index is 1.38. The van der Waals surface area contributed by atoms with Crippen molar-refractivity contribution in [1.29, 1.82) is 0 Å². The van der Waals surface area contributed by atoms with Gasteiger partial charge in [0.25, 0.3) is 0 Å². The summed E-state index contributed by atoms with van der Waals surface area (Å²) in [6.45, 7) is 17.1. The topological polar surface area (TPSA) is 108 Å². The van der Waals surface area contributed by atoms with Crippen LogP contribution in [0.2, 0.25) is 0 Å². The lowest BCUT2D eigenvalue weighted by Gasteiger charge is -2.64. The predicted octanol–water partition coefficient (Wildman–Crippen LogP) is 6.29. The van der Waals surface area contributed by atoms with Gasteiger partial charge in [0.2, 0.25) is 0 Å². The highest BCUT2D eigenvalue weighted by Crippen LogP contribution is 2.89. The zero-order valence-corrected chi connectivity index (χ0v) is 29.3. The molecule has 2 unspecified atom stereocenters. The molecule has 252 valence electrons. The molecule has 8 heteroatoms. The van der Waals surface area contributed by atoms with E-state index in [4.69, 9.17) is 21.3 Å². The zero-order chi connectivity index (χ0) is 32.3. The molecule has 0 amide bonds. The number of ether oxygens (including phenoxy) is 2. The number of rotatable bonds is 8. The van der Waals surface area contributed by atoms with Gasteiger partial charge in [-0.2, -0.15) is 0 Å². The number of aliphatic hydroxyl groups is 3. The lowest BCUT2D eigenvalue weighted by molar-refractivity contribution is -0.214. The second kappa shape index (κ2) is 10.5. The Bertz CT molecular complexity index is 1140. The molecule has 6 aliphatic rings. The van der Waals surface area contributed by atoms with Gasteiger partial charge in [-0.1, -0.05) is 47.5 Å². The molecule has 1 heterocycles. The largest absolute Gasteiger partial charge is 0.461 e. The number of fused-ring (bicyclic) bond motifs is 2. The van der Waals surface area contributed by atoms with Crippen LogP contribution in [0.3, 0.4) is 0 Å². The van der Waals surface area contributed by atoms with Gasteiger partial charge in [-0.3, -0.25) is 4.79 Å². The lowest BCUT2D eigenvalue weighted by Crippen LogP contribution is -2.62. The molecule has 1 aliphatic heterocycles. The Kier molecular flexibility index (Phi) is 8.01. The van der Waals surface area contributed by atoms with Crippen LogP contribution in [0.1, 0.15) is 132 Å². The molecule has 0 aromatic heterocycles. The second-order valence-corrected chi connectivity index (χ2v) is 18.3. The van der Waals surface area contributed by atoms with E-state index >= 15 is 0 Å². The maximum Gasteiger partial charge on any atom is 0.324 e. The van der Waals surface area contributed by atoms with Crippen molar-refractivity contribution in [1.82, 2.24) is 4.84 Å². The van der Waals surface area contributed by atoms with Crippen molar-refractivity contribution < 1.29 is 29.6 Å². The molecule has 0 aromatic rings. The Morgan fingerprint density at radius 2 is 1.73 bits per heavy atom. The van der Waals surface area contributed by atoms with Gasteiger partial charge in [0.1, 0.15) is 12.1 Å². The SMILES string of the molecule is CCCCC(NCl)C(=O)O[C@H]1C[C@@]2(C)C3C[C@H](O)[C@H]4C(C)(C)[C@@H](O)CC[C@@]45C[C@@]35CC[C@]2(C)[C@H]1[C@@]1(C)CC[C@@H](C(C)(C)O)O1. The summed E-state index contributed by atoms with van der Waals surface area (Å²) in [6.07, 6.45) is 9.08. The van der Waals surface area contributed by atoms with E-state index in [-0.39, 0.29) is 63.2 Å². The molecule has 6 fully saturated rings. The third-order valence-corrected chi connectivity index (χ3v) is 15.5. The molecule has 0 aromatic carbocycles. The minimum absolute atomic E-state index is 0.0509. The van der Waals surface area contributed by atoms with Crippen molar-refractivity contribution in [2.45, 2.75) is 174 Å². The van der Waals surface area contributed by atoms with Gasteiger partial charge in [0.15, 0.2) is 0 Å². The van der Waals surface area contributed by atoms with Crippen molar-refractivity contribution >= 4 is 17.7 Å².